The summed E-state index contributed by atoms with van der Waals surface area (Å²) >= 11 is 0. The van der Waals surface area contributed by atoms with E-state index in [1.165, 1.54) is 0 Å². The van der Waals surface area contributed by atoms with Crippen LogP contribution >= 0.6 is 8.25 Å². The molecule has 1 unspecified atom stereocenters. The average Bonchev–Trinajstić information content (AvgIpc) is 1.88. The average molecular weight is 165 g/mol. The summed E-state index contributed by atoms with van der Waals surface area (Å²) in [5, 5.41) is 0. The molecule has 0 aliphatic rings. The Balaban J connectivity index is 3.57. The molecule has 0 amide bonds. The van der Waals surface area contributed by atoms with Crippen molar-refractivity contribution in [2.75, 3.05) is 6.73 Å². The van der Waals surface area contributed by atoms with Crippen LogP contribution in [0.25, 0.3) is 0 Å². The van der Waals surface area contributed by atoms with E-state index in [9.17, 15) is 9.36 Å². The molecule has 10 heavy (non-hydrogen) atoms. The standard InChI is InChI=1S/C4H8NO4P/c1-2-4(6)9-10(7)8-3-5/h2,10H,1,3,5H2. The Bertz CT molecular complexity index is 157. The second-order valence-electron chi connectivity index (χ2n) is 1.19. The normalized spacial score (nSPS) is 12.1. The first-order chi connectivity index (χ1) is 4.70. The monoisotopic (exact) mass is 165 g/mol. The lowest BCUT2D eigenvalue weighted by atomic mass is 10.7. The van der Waals surface area contributed by atoms with Gasteiger partial charge in [0.15, 0.2) is 0 Å². The molecule has 0 aliphatic heterocycles. The zero-order chi connectivity index (χ0) is 7.98. The summed E-state index contributed by atoms with van der Waals surface area (Å²) < 4.78 is 18.8. The predicted molar refractivity (Wildman–Crippen MR) is 35.4 cm³/mol. The summed E-state index contributed by atoms with van der Waals surface area (Å²) in [5.74, 6) is -0.780. The van der Waals surface area contributed by atoms with Crippen LogP contribution in [-0.2, 0) is 18.4 Å². The molecule has 0 spiro atoms. The van der Waals surface area contributed by atoms with Gasteiger partial charge in [-0.15, -0.1) is 0 Å². The van der Waals surface area contributed by atoms with Gasteiger partial charge in [0, 0.05) is 6.08 Å². The van der Waals surface area contributed by atoms with Gasteiger partial charge in [-0.1, -0.05) is 6.58 Å². The van der Waals surface area contributed by atoms with Gasteiger partial charge in [0.25, 0.3) is 0 Å². The molecular weight excluding hydrogens is 157 g/mol. The van der Waals surface area contributed by atoms with Gasteiger partial charge in [0.1, 0.15) is 6.73 Å². The van der Waals surface area contributed by atoms with Crippen molar-refractivity contribution >= 4 is 14.2 Å². The van der Waals surface area contributed by atoms with E-state index < -0.39 is 14.2 Å². The lowest BCUT2D eigenvalue weighted by molar-refractivity contribution is -0.129. The fourth-order valence-electron chi connectivity index (χ4n) is 0.221. The SMILES string of the molecule is C=CC(=O)O[PH](=O)OCN. The van der Waals surface area contributed by atoms with Crippen LogP contribution in [0.4, 0.5) is 0 Å². The number of carbonyl (C=O) groups is 1. The van der Waals surface area contributed by atoms with Crippen LogP contribution in [0.3, 0.4) is 0 Å². The van der Waals surface area contributed by atoms with E-state index in [2.05, 4.69) is 15.6 Å². The zero-order valence-electron chi connectivity index (χ0n) is 5.20. The van der Waals surface area contributed by atoms with Crippen molar-refractivity contribution in [2.24, 2.45) is 5.73 Å². The topological polar surface area (TPSA) is 78.6 Å². The van der Waals surface area contributed by atoms with Crippen LogP contribution in [0.15, 0.2) is 12.7 Å². The Labute approximate surface area is 58.8 Å². The number of hydrogen-bond donors (Lipinski definition) is 1. The molecule has 0 aromatic rings. The Morgan fingerprint density at radius 2 is 2.40 bits per heavy atom. The number of carbonyl (C=O) groups excluding carboxylic acids is 1. The number of hydrogen-bond acceptors (Lipinski definition) is 5. The maximum Gasteiger partial charge on any atom is 0.371 e. The summed E-state index contributed by atoms with van der Waals surface area (Å²) in [7, 11) is -2.75. The third-order valence-electron chi connectivity index (χ3n) is 0.552. The number of rotatable bonds is 4. The minimum absolute atomic E-state index is 0.234. The first-order valence-corrected chi connectivity index (χ1v) is 3.64. The van der Waals surface area contributed by atoms with E-state index in [-0.39, 0.29) is 6.73 Å². The van der Waals surface area contributed by atoms with Crippen LogP contribution in [0.2, 0.25) is 0 Å². The molecule has 0 aliphatic carbocycles. The van der Waals surface area contributed by atoms with Crippen molar-refractivity contribution in [3.05, 3.63) is 12.7 Å². The molecule has 0 rings (SSSR count). The summed E-state index contributed by atoms with van der Waals surface area (Å²) in [6.45, 7) is 2.86. The fourth-order valence-corrected chi connectivity index (χ4v) is 0.664. The molecule has 0 heterocycles. The molecule has 6 heteroatoms. The molecule has 0 aromatic carbocycles. The molecule has 0 radical (unpaired) electrons. The summed E-state index contributed by atoms with van der Waals surface area (Å²) in [5.41, 5.74) is 4.83. The van der Waals surface area contributed by atoms with Gasteiger partial charge in [0.05, 0.1) is 0 Å². The van der Waals surface area contributed by atoms with Gasteiger partial charge in [-0.25, -0.2) is 9.36 Å². The van der Waals surface area contributed by atoms with Gasteiger partial charge in [-0.3, -0.25) is 4.52 Å². The molecule has 0 aromatic heterocycles. The maximum absolute atomic E-state index is 10.4. The minimum atomic E-state index is -2.75. The third-order valence-corrected chi connectivity index (χ3v) is 1.32. The lowest BCUT2D eigenvalue weighted by Gasteiger charge is -1.98. The smallest absolute Gasteiger partial charge is 0.371 e. The molecule has 2 N–H and O–H groups in total. The van der Waals surface area contributed by atoms with E-state index >= 15 is 0 Å². The third kappa shape index (κ3) is 4.26. The van der Waals surface area contributed by atoms with Crippen molar-refractivity contribution in [1.29, 1.82) is 0 Å². The highest BCUT2D eigenvalue weighted by molar-refractivity contribution is 7.34. The molecule has 0 bridgehead atoms. The highest BCUT2D eigenvalue weighted by Crippen LogP contribution is 2.22. The summed E-state index contributed by atoms with van der Waals surface area (Å²) in [6.07, 6.45) is 0.891. The Hall–Kier alpha value is -0.640. The van der Waals surface area contributed by atoms with Crippen LogP contribution < -0.4 is 5.73 Å². The van der Waals surface area contributed by atoms with E-state index in [0.717, 1.165) is 6.08 Å². The van der Waals surface area contributed by atoms with Crippen LogP contribution in [0, 0.1) is 0 Å². The molecular formula is C4H8NO4P. The molecule has 0 saturated carbocycles. The van der Waals surface area contributed by atoms with Crippen LogP contribution in [0.5, 0.6) is 0 Å². The van der Waals surface area contributed by atoms with Crippen molar-refractivity contribution < 1.29 is 18.4 Å². The molecule has 0 saturated heterocycles. The van der Waals surface area contributed by atoms with Crippen LogP contribution in [-0.4, -0.2) is 12.7 Å². The highest BCUT2D eigenvalue weighted by atomic mass is 31.1. The van der Waals surface area contributed by atoms with E-state index in [0.29, 0.717) is 0 Å². The number of nitrogens with two attached hydrogens (primary N) is 1. The quantitative estimate of drug-likeness (QED) is 0.361. The minimum Gasteiger partial charge on any atom is -0.390 e. The summed E-state index contributed by atoms with van der Waals surface area (Å²) in [6, 6.07) is 0. The fraction of sp³-hybridized carbons (Fsp3) is 0.250. The van der Waals surface area contributed by atoms with Crippen molar-refractivity contribution in [3.63, 3.8) is 0 Å². The second kappa shape index (κ2) is 5.17. The van der Waals surface area contributed by atoms with E-state index in [4.69, 9.17) is 5.73 Å². The first kappa shape index (κ1) is 9.36. The maximum atomic E-state index is 10.4. The highest BCUT2D eigenvalue weighted by Gasteiger charge is 2.01. The van der Waals surface area contributed by atoms with Crippen molar-refractivity contribution in [1.82, 2.24) is 0 Å². The second-order valence-corrected chi connectivity index (χ2v) is 2.18. The van der Waals surface area contributed by atoms with E-state index in [1.807, 2.05) is 0 Å². The Kier molecular flexibility index (Phi) is 4.84. The zero-order valence-corrected chi connectivity index (χ0v) is 6.20. The van der Waals surface area contributed by atoms with Gasteiger partial charge >= 0.3 is 14.2 Å². The van der Waals surface area contributed by atoms with E-state index in [1.54, 1.807) is 0 Å². The van der Waals surface area contributed by atoms with Gasteiger partial charge in [-0.2, -0.15) is 0 Å². The molecule has 58 valence electrons. The van der Waals surface area contributed by atoms with Crippen molar-refractivity contribution in [2.45, 2.75) is 0 Å². The van der Waals surface area contributed by atoms with Gasteiger partial charge < -0.3 is 10.3 Å². The Morgan fingerprint density at radius 1 is 1.80 bits per heavy atom. The Morgan fingerprint density at radius 3 is 2.80 bits per heavy atom. The lowest BCUT2D eigenvalue weighted by Crippen LogP contribution is -2.01. The molecule has 5 nitrogen and oxygen atoms in total. The molecule has 0 fully saturated rings. The van der Waals surface area contributed by atoms with Crippen molar-refractivity contribution in [3.8, 4) is 0 Å². The van der Waals surface area contributed by atoms with Crippen LogP contribution in [0.1, 0.15) is 0 Å². The van der Waals surface area contributed by atoms with Gasteiger partial charge in [-0.05, 0) is 0 Å². The molecule has 1 atom stereocenters. The first-order valence-electron chi connectivity index (χ1n) is 2.41. The predicted octanol–water partition coefficient (Wildman–Crippen LogP) is 0.0381. The largest absolute Gasteiger partial charge is 0.390 e. The summed E-state index contributed by atoms with van der Waals surface area (Å²) in [4.78, 5) is 10.3. The van der Waals surface area contributed by atoms with Gasteiger partial charge in [0.2, 0.25) is 0 Å².